The van der Waals surface area contributed by atoms with Crippen LogP contribution < -0.4 is 0 Å². The first-order valence-corrected chi connectivity index (χ1v) is 15.1. The smallest absolute Gasteiger partial charge is 0.143 e. The fourth-order valence-electron chi connectivity index (χ4n) is 6.73. The molecule has 210 valence electrons. The highest BCUT2D eigenvalue weighted by atomic mass is 16.3. The summed E-state index contributed by atoms with van der Waals surface area (Å²) < 4.78 is 43.5. The van der Waals surface area contributed by atoms with Crippen LogP contribution in [0.1, 0.15) is 5.48 Å². The number of benzene rings is 8. The predicted molar refractivity (Wildman–Crippen MR) is 190 cm³/mol. The summed E-state index contributed by atoms with van der Waals surface area (Å²) in [5, 5.41) is 5.72. The largest absolute Gasteiger partial charge is 0.455 e. The summed E-state index contributed by atoms with van der Waals surface area (Å²) in [6.45, 7) is 0. The average molecular weight is 577 g/mol. The molecule has 0 unspecified atom stereocenters. The molecular formula is C44H28O. The Hall–Kier alpha value is -5.92. The van der Waals surface area contributed by atoms with E-state index < -0.39 is 0 Å². The van der Waals surface area contributed by atoms with Crippen molar-refractivity contribution in [2.75, 3.05) is 0 Å². The molecule has 1 heterocycles. The highest BCUT2D eigenvalue weighted by molar-refractivity contribution is 6.21. The van der Waals surface area contributed by atoms with Gasteiger partial charge >= 0.3 is 0 Å². The van der Waals surface area contributed by atoms with Gasteiger partial charge in [0.1, 0.15) is 11.2 Å². The van der Waals surface area contributed by atoms with Gasteiger partial charge in [-0.05, 0) is 78.7 Å². The second-order valence-electron chi connectivity index (χ2n) is 11.3. The molecule has 0 spiro atoms. The Morgan fingerprint density at radius 1 is 0.400 bits per heavy atom. The molecule has 0 atom stereocenters. The predicted octanol–water partition coefficient (Wildman–Crippen LogP) is 12.6. The lowest BCUT2D eigenvalue weighted by atomic mass is 9.85. The van der Waals surface area contributed by atoms with Crippen LogP contribution in [0.25, 0.3) is 88.0 Å². The third-order valence-electron chi connectivity index (χ3n) is 8.74. The maximum atomic E-state index is 9.68. The molecule has 1 aromatic heterocycles. The Bertz CT molecular complexity index is 2690. The number of rotatable bonds is 4. The summed E-state index contributed by atoms with van der Waals surface area (Å²) in [5.41, 5.74) is 7.62. The van der Waals surface area contributed by atoms with Crippen molar-refractivity contribution in [2.45, 2.75) is 0 Å². The van der Waals surface area contributed by atoms with Crippen molar-refractivity contribution < 1.29 is 9.90 Å². The third-order valence-corrected chi connectivity index (χ3v) is 8.74. The number of fused-ring (bicyclic) bond motifs is 5. The van der Waals surface area contributed by atoms with E-state index in [1.54, 1.807) is 0 Å². The number of para-hydroxylation sites is 1. The third kappa shape index (κ3) is 4.17. The van der Waals surface area contributed by atoms with E-state index in [0.717, 1.165) is 65.7 Å². The maximum Gasteiger partial charge on any atom is 0.143 e. The zero-order valence-electron chi connectivity index (χ0n) is 28.3. The van der Waals surface area contributed by atoms with Gasteiger partial charge in [0, 0.05) is 16.3 Å². The average Bonchev–Trinajstić information content (AvgIpc) is 3.53. The lowest BCUT2D eigenvalue weighted by Gasteiger charge is -2.18. The zero-order chi connectivity index (χ0) is 33.2. The highest BCUT2D eigenvalue weighted by Gasteiger charge is 2.17. The minimum atomic E-state index is -0.211. The Morgan fingerprint density at radius 3 is 1.62 bits per heavy atom. The van der Waals surface area contributed by atoms with Gasteiger partial charge in [-0.3, -0.25) is 0 Å². The standard InChI is InChI=1S/C44H28O/c1-3-13-29(14-4-1)34-23-12-24-40-35-26-25-32(28-41(35)45-44(34)40)31-17-11-18-33(27-31)43-38-21-9-7-19-36(38)42(30-15-5-2-6-16-30)37-20-8-10-22-39(37)43/h1-28H/i11D,17D,18D,27D. The van der Waals surface area contributed by atoms with Crippen molar-refractivity contribution in [3.63, 3.8) is 0 Å². The molecule has 9 aromatic rings. The van der Waals surface area contributed by atoms with Crippen LogP contribution in [0.4, 0.5) is 0 Å². The molecule has 0 saturated heterocycles. The van der Waals surface area contributed by atoms with Crippen molar-refractivity contribution in [1.82, 2.24) is 0 Å². The Balaban J connectivity index is 1.32. The first kappa shape index (κ1) is 21.7. The van der Waals surface area contributed by atoms with Gasteiger partial charge in [0.15, 0.2) is 0 Å². The minimum absolute atomic E-state index is 0.0502. The van der Waals surface area contributed by atoms with Crippen LogP contribution in [-0.4, -0.2) is 0 Å². The summed E-state index contributed by atoms with van der Waals surface area (Å²) in [6.07, 6.45) is 0. The Morgan fingerprint density at radius 2 is 0.956 bits per heavy atom. The van der Waals surface area contributed by atoms with Crippen LogP contribution in [-0.2, 0) is 0 Å². The fourth-order valence-corrected chi connectivity index (χ4v) is 6.73. The van der Waals surface area contributed by atoms with Gasteiger partial charge in [-0.15, -0.1) is 0 Å². The fraction of sp³-hybridized carbons (Fsp3) is 0. The second-order valence-corrected chi connectivity index (χ2v) is 11.3. The van der Waals surface area contributed by atoms with E-state index >= 15 is 0 Å². The van der Waals surface area contributed by atoms with Gasteiger partial charge in [0.05, 0.1) is 5.48 Å². The summed E-state index contributed by atoms with van der Waals surface area (Å²) in [5.74, 6) is 0. The molecule has 8 aromatic carbocycles. The van der Waals surface area contributed by atoms with E-state index in [4.69, 9.17) is 7.16 Å². The molecule has 0 aliphatic heterocycles. The molecule has 0 fully saturated rings. The van der Waals surface area contributed by atoms with Crippen molar-refractivity contribution in [1.29, 1.82) is 0 Å². The molecule has 0 amide bonds. The molecular weight excluding hydrogens is 544 g/mol. The first-order chi connectivity index (χ1) is 24.0. The molecule has 0 radical (unpaired) electrons. The molecule has 9 rings (SSSR count). The lowest BCUT2D eigenvalue weighted by Crippen LogP contribution is -1.91. The number of hydrogen-bond acceptors (Lipinski definition) is 1. The molecule has 1 heteroatoms. The Kier molecular flexibility index (Phi) is 5.00. The minimum Gasteiger partial charge on any atom is -0.455 e. The topological polar surface area (TPSA) is 13.1 Å². The number of hydrogen-bond donors (Lipinski definition) is 0. The number of furan rings is 1. The molecule has 0 bridgehead atoms. The van der Waals surface area contributed by atoms with Gasteiger partial charge in [-0.1, -0.05) is 152 Å². The van der Waals surface area contributed by atoms with Gasteiger partial charge in [0.2, 0.25) is 0 Å². The second kappa shape index (κ2) is 10.4. The van der Waals surface area contributed by atoms with Gasteiger partial charge in [-0.2, -0.15) is 0 Å². The van der Waals surface area contributed by atoms with Crippen molar-refractivity contribution in [3.05, 3.63) is 170 Å². The molecule has 1 nitrogen and oxygen atoms in total. The van der Waals surface area contributed by atoms with Crippen LogP contribution in [0.3, 0.4) is 0 Å². The lowest BCUT2D eigenvalue weighted by molar-refractivity contribution is 0.670. The van der Waals surface area contributed by atoms with Crippen LogP contribution in [0.15, 0.2) is 174 Å². The summed E-state index contributed by atoms with van der Waals surface area (Å²) in [6, 6.07) is 48.1. The van der Waals surface area contributed by atoms with E-state index in [1.807, 2.05) is 109 Å². The van der Waals surface area contributed by atoms with Gasteiger partial charge in [0.25, 0.3) is 0 Å². The van der Waals surface area contributed by atoms with Gasteiger partial charge in [-0.25, -0.2) is 0 Å². The molecule has 0 N–H and O–H groups in total. The van der Waals surface area contributed by atoms with E-state index in [9.17, 15) is 2.74 Å². The molecule has 0 aliphatic carbocycles. The van der Waals surface area contributed by atoms with Gasteiger partial charge < -0.3 is 4.42 Å². The monoisotopic (exact) mass is 576 g/mol. The molecule has 0 aliphatic rings. The van der Waals surface area contributed by atoms with Crippen LogP contribution in [0.5, 0.6) is 0 Å². The van der Waals surface area contributed by atoms with Crippen LogP contribution in [0, 0.1) is 0 Å². The van der Waals surface area contributed by atoms with E-state index in [0.29, 0.717) is 22.3 Å². The van der Waals surface area contributed by atoms with Crippen molar-refractivity contribution in [2.24, 2.45) is 0 Å². The summed E-state index contributed by atoms with van der Waals surface area (Å²) in [4.78, 5) is 0. The van der Waals surface area contributed by atoms with Crippen molar-refractivity contribution in [3.8, 4) is 44.5 Å². The first-order valence-electron chi connectivity index (χ1n) is 17.1. The molecule has 0 saturated carbocycles. The van der Waals surface area contributed by atoms with E-state index in [2.05, 4.69) is 36.4 Å². The van der Waals surface area contributed by atoms with E-state index in [-0.39, 0.29) is 24.2 Å². The quantitative estimate of drug-likeness (QED) is 0.190. The van der Waals surface area contributed by atoms with E-state index in [1.165, 1.54) is 0 Å². The normalized spacial score (nSPS) is 12.8. The molecule has 45 heavy (non-hydrogen) atoms. The van der Waals surface area contributed by atoms with Crippen LogP contribution in [0.2, 0.25) is 0 Å². The summed E-state index contributed by atoms with van der Waals surface area (Å²) >= 11 is 0. The van der Waals surface area contributed by atoms with Crippen LogP contribution >= 0.6 is 0 Å². The Labute approximate surface area is 267 Å². The highest BCUT2D eigenvalue weighted by Crippen LogP contribution is 2.44. The van der Waals surface area contributed by atoms with Crippen molar-refractivity contribution >= 4 is 43.5 Å². The summed E-state index contributed by atoms with van der Waals surface area (Å²) in [7, 11) is 0. The maximum absolute atomic E-state index is 9.68. The zero-order valence-corrected chi connectivity index (χ0v) is 24.3. The SMILES string of the molecule is [2H]c1c([2H])c(-c2ccc3c(c2)oc2c(-c4ccccc4)cccc23)c([2H])c(-c2c3ccccc3c(-c3ccccc3)c3ccccc23)c1[2H].